The SMILES string of the molecule is COc1ccccc1CNc1ccc(C(N)=S)cc1. The highest BCUT2D eigenvalue weighted by Crippen LogP contribution is 2.19. The fraction of sp³-hybridized carbons (Fsp3) is 0.133. The van der Waals surface area contributed by atoms with Gasteiger partial charge in [-0.25, -0.2) is 0 Å². The maximum Gasteiger partial charge on any atom is 0.123 e. The van der Waals surface area contributed by atoms with Crippen molar-refractivity contribution in [1.29, 1.82) is 0 Å². The number of rotatable bonds is 5. The summed E-state index contributed by atoms with van der Waals surface area (Å²) in [7, 11) is 1.68. The van der Waals surface area contributed by atoms with Crippen molar-refractivity contribution in [2.75, 3.05) is 12.4 Å². The molecule has 0 spiro atoms. The number of hydrogen-bond acceptors (Lipinski definition) is 3. The van der Waals surface area contributed by atoms with Crippen LogP contribution in [0.25, 0.3) is 0 Å². The van der Waals surface area contributed by atoms with Crippen LogP contribution in [-0.4, -0.2) is 12.1 Å². The number of nitrogens with one attached hydrogen (secondary N) is 1. The summed E-state index contributed by atoms with van der Waals surface area (Å²) in [5.41, 5.74) is 8.57. The summed E-state index contributed by atoms with van der Waals surface area (Å²) in [6.07, 6.45) is 0. The fourth-order valence-electron chi connectivity index (χ4n) is 1.80. The maximum absolute atomic E-state index is 5.56. The van der Waals surface area contributed by atoms with Crippen LogP contribution in [0.2, 0.25) is 0 Å². The summed E-state index contributed by atoms with van der Waals surface area (Å²) < 4.78 is 5.31. The van der Waals surface area contributed by atoms with Crippen molar-refractivity contribution in [3.05, 3.63) is 59.7 Å². The molecule has 0 saturated heterocycles. The molecule has 0 aliphatic rings. The summed E-state index contributed by atoms with van der Waals surface area (Å²) in [5, 5.41) is 3.34. The largest absolute Gasteiger partial charge is 0.496 e. The molecule has 3 nitrogen and oxygen atoms in total. The third kappa shape index (κ3) is 3.45. The van der Waals surface area contributed by atoms with Crippen LogP contribution in [0, 0.1) is 0 Å². The molecule has 0 unspecified atom stereocenters. The van der Waals surface area contributed by atoms with Gasteiger partial charge in [0.2, 0.25) is 0 Å². The summed E-state index contributed by atoms with van der Waals surface area (Å²) in [4.78, 5) is 0.413. The standard InChI is InChI=1S/C15H16N2OS/c1-18-14-5-3-2-4-12(14)10-17-13-8-6-11(7-9-13)15(16)19/h2-9,17H,10H2,1H3,(H2,16,19). The normalized spacial score (nSPS) is 9.95. The highest BCUT2D eigenvalue weighted by molar-refractivity contribution is 7.80. The predicted molar refractivity (Wildman–Crippen MR) is 82.7 cm³/mol. The van der Waals surface area contributed by atoms with Gasteiger partial charge in [-0.05, 0) is 30.3 Å². The molecular weight excluding hydrogens is 256 g/mol. The second-order valence-corrected chi connectivity index (χ2v) is 4.55. The van der Waals surface area contributed by atoms with E-state index in [1.807, 2.05) is 48.5 Å². The van der Waals surface area contributed by atoms with E-state index in [0.717, 1.165) is 22.6 Å². The van der Waals surface area contributed by atoms with Gasteiger partial charge in [0.1, 0.15) is 10.7 Å². The monoisotopic (exact) mass is 272 g/mol. The van der Waals surface area contributed by atoms with E-state index in [4.69, 9.17) is 22.7 Å². The molecule has 0 aromatic heterocycles. The molecule has 2 rings (SSSR count). The van der Waals surface area contributed by atoms with Crippen molar-refractivity contribution in [3.8, 4) is 5.75 Å². The Balaban J connectivity index is 2.04. The third-order valence-electron chi connectivity index (χ3n) is 2.84. The molecule has 2 aromatic carbocycles. The van der Waals surface area contributed by atoms with Gasteiger partial charge in [-0.3, -0.25) is 0 Å². The van der Waals surface area contributed by atoms with Gasteiger partial charge in [-0.1, -0.05) is 30.4 Å². The summed E-state index contributed by atoms with van der Waals surface area (Å²) >= 11 is 4.92. The number of ether oxygens (including phenoxy) is 1. The lowest BCUT2D eigenvalue weighted by Crippen LogP contribution is -2.09. The molecule has 4 heteroatoms. The van der Waals surface area contributed by atoms with Gasteiger partial charge in [0.15, 0.2) is 0 Å². The van der Waals surface area contributed by atoms with Gasteiger partial charge < -0.3 is 15.8 Å². The molecule has 3 N–H and O–H groups in total. The number of nitrogens with two attached hydrogens (primary N) is 1. The lowest BCUT2D eigenvalue weighted by Gasteiger charge is -2.10. The molecule has 0 saturated carbocycles. The van der Waals surface area contributed by atoms with Gasteiger partial charge in [-0.15, -0.1) is 0 Å². The predicted octanol–water partition coefficient (Wildman–Crippen LogP) is 2.94. The van der Waals surface area contributed by atoms with Crippen molar-refractivity contribution in [2.45, 2.75) is 6.54 Å². The average molecular weight is 272 g/mol. The van der Waals surface area contributed by atoms with Gasteiger partial charge in [0.05, 0.1) is 7.11 Å². The Morgan fingerprint density at radius 2 is 1.84 bits per heavy atom. The summed E-state index contributed by atoms with van der Waals surface area (Å²) in [6, 6.07) is 15.7. The van der Waals surface area contributed by atoms with Crippen molar-refractivity contribution in [3.63, 3.8) is 0 Å². The number of para-hydroxylation sites is 1. The molecule has 2 aromatic rings. The zero-order valence-electron chi connectivity index (χ0n) is 10.7. The maximum atomic E-state index is 5.56. The molecule has 0 bridgehead atoms. The number of thiocarbonyl (C=S) groups is 1. The van der Waals surface area contributed by atoms with E-state index in [9.17, 15) is 0 Å². The van der Waals surface area contributed by atoms with Gasteiger partial charge in [0, 0.05) is 23.4 Å². The number of methoxy groups -OCH3 is 1. The molecular formula is C15H16N2OS. The molecule has 0 heterocycles. The van der Waals surface area contributed by atoms with Crippen LogP contribution in [0.1, 0.15) is 11.1 Å². The van der Waals surface area contributed by atoms with E-state index in [1.54, 1.807) is 7.11 Å². The lowest BCUT2D eigenvalue weighted by molar-refractivity contribution is 0.410. The molecule has 0 aliphatic carbocycles. The number of benzene rings is 2. The highest BCUT2D eigenvalue weighted by atomic mass is 32.1. The first-order valence-corrected chi connectivity index (χ1v) is 6.37. The van der Waals surface area contributed by atoms with E-state index >= 15 is 0 Å². The van der Waals surface area contributed by atoms with Crippen molar-refractivity contribution < 1.29 is 4.74 Å². The van der Waals surface area contributed by atoms with Crippen molar-refractivity contribution in [2.24, 2.45) is 5.73 Å². The summed E-state index contributed by atoms with van der Waals surface area (Å²) in [6.45, 7) is 0.705. The summed E-state index contributed by atoms with van der Waals surface area (Å²) in [5.74, 6) is 0.884. The first kappa shape index (κ1) is 13.4. The van der Waals surface area contributed by atoms with Crippen LogP contribution in [0.5, 0.6) is 5.75 Å². The van der Waals surface area contributed by atoms with Gasteiger partial charge in [0.25, 0.3) is 0 Å². The Hall–Kier alpha value is -2.07. The molecule has 19 heavy (non-hydrogen) atoms. The topological polar surface area (TPSA) is 47.3 Å². The Morgan fingerprint density at radius 1 is 1.16 bits per heavy atom. The second-order valence-electron chi connectivity index (χ2n) is 4.11. The second kappa shape index (κ2) is 6.20. The Bertz CT molecular complexity index is 567. The van der Waals surface area contributed by atoms with E-state index in [-0.39, 0.29) is 0 Å². The van der Waals surface area contributed by atoms with E-state index < -0.39 is 0 Å². The van der Waals surface area contributed by atoms with E-state index in [2.05, 4.69) is 5.32 Å². The van der Waals surface area contributed by atoms with Crippen LogP contribution in [0.3, 0.4) is 0 Å². The van der Waals surface area contributed by atoms with Crippen LogP contribution >= 0.6 is 12.2 Å². The minimum absolute atomic E-state index is 0.413. The minimum Gasteiger partial charge on any atom is -0.496 e. The van der Waals surface area contributed by atoms with Crippen LogP contribution in [0.4, 0.5) is 5.69 Å². The van der Waals surface area contributed by atoms with E-state index in [0.29, 0.717) is 11.5 Å². The van der Waals surface area contributed by atoms with Gasteiger partial charge in [-0.2, -0.15) is 0 Å². The number of anilines is 1. The molecule has 0 radical (unpaired) electrons. The highest BCUT2D eigenvalue weighted by Gasteiger charge is 2.01. The smallest absolute Gasteiger partial charge is 0.123 e. The molecule has 0 amide bonds. The minimum atomic E-state index is 0.413. The lowest BCUT2D eigenvalue weighted by atomic mass is 10.1. The van der Waals surface area contributed by atoms with Gasteiger partial charge >= 0.3 is 0 Å². The Labute approximate surface area is 118 Å². The molecule has 98 valence electrons. The molecule has 0 fully saturated rings. The van der Waals surface area contributed by atoms with E-state index in [1.165, 1.54) is 0 Å². The van der Waals surface area contributed by atoms with Crippen molar-refractivity contribution >= 4 is 22.9 Å². The Kier molecular flexibility index (Phi) is 4.36. The van der Waals surface area contributed by atoms with Crippen LogP contribution in [0.15, 0.2) is 48.5 Å². The quantitative estimate of drug-likeness (QED) is 0.822. The Morgan fingerprint density at radius 3 is 2.47 bits per heavy atom. The zero-order chi connectivity index (χ0) is 13.7. The average Bonchev–Trinajstić information content (AvgIpc) is 2.45. The van der Waals surface area contributed by atoms with Crippen LogP contribution < -0.4 is 15.8 Å². The van der Waals surface area contributed by atoms with Crippen LogP contribution in [-0.2, 0) is 6.54 Å². The fourth-order valence-corrected chi connectivity index (χ4v) is 1.93. The first-order valence-electron chi connectivity index (χ1n) is 5.96. The first-order chi connectivity index (χ1) is 9.20. The number of hydrogen-bond donors (Lipinski definition) is 2. The third-order valence-corrected chi connectivity index (χ3v) is 3.08. The molecule has 0 atom stereocenters. The van der Waals surface area contributed by atoms with Crippen molar-refractivity contribution in [1.82, 2.24) is 0 Å². The molecule has 0 aliphatic heterocycles. The zero-order valence-corrected chi connectivity index (χ0v) is 11.5.